The summed E-state index contributed by atoms with van der Waals surface area (Å²) < 4.78 is 4.93. The Morgan fingerprint density at radius 3 is 1.69 bits per heavy atom. The monoisotopic (exact) mass is 534 g/mol. The highest BCUT2D eigenvalue weighted by atomic mass is 15.0. The molecule has 2 heteroatoms. The normalized spacial score (nSPS) is 11.8. The van der Waals surface area contributed by atoms with Crippen LogP contribution in [0, 0.1) is 0 Å². The van der Waals surface area contributed by atoms with Crippen LogP contribution < -0.4 is 0 Å². The van der Waals surface area contributed by atoms with Crippen molar-refractivity contribution in [3.05, 3.63) is 158 Å². The van der Waals surface area contributed by atoms with E-state index >= 15 is 0 Å². The fourth-order valence-electron chi connectivity index (χ4n) is 6.87. The molecule has 42 heavy (non-hydrogen) atoms. The second-order valence-corrected chi connectivity index (χ2v) is 11.0. The number of nitrogens with zero attached hydrogens (tertiary/aromatic N) is 2. The summed E-state index contributed by atoms with van der Waals surface area (Å²) in [6.07, 6.45) is 2.32. The van der Waals surface area contributed by atoms with Gasteiger partial charge in [-0.15, -0.1) is 0 Å². The van der Waals surface area contributed by atoms with E-state index in [0.717, 1.165) is 5.69 Å². The van der Waals surface area contributed by atoms with E-state index in [2.05, 4.69) is 167 Å². The SMILES string of the molecule is c1ccc(-c2cn(-c3ccccc3)c3c2ccc2c4ccccc4n(-c4c5ccccc5cc5ccccc45)c23)cc1. The Balaban J connectivity index is 1.56. The molecule has 0 aliphatic carbocycles. The minimum absolute atomic E-state index is 1.15. The smallest absolute Gasteiger partial charge is 0.0789 e. The molecule has 0 radical (unpaired) electrons. The van der Waals surface area contributed by atoms with Crippen molar-refractivity contribution in [2.45, 2.75) is 0 Å². The van der Waals surface area contributed by atoms with Crippen LogP contribution in [0.2, 0.25) is 0 Å². The van der Waals surface area contributed by atoms with Crippen LogP contribution >= 0.6 is 0 Å². The standard InChI is InChI=1S/C40H26N2/c1-3-13-27(14-4-1)36-26-41(30-17-5-2-6-18-30)39-35(36)24-23-34-33-21-11-12-22-37(33)42(40(34)39)38-31-19-9-7-15-28(31)25-29-16-8-10-20-32(29)38/h1-26H. The molecule has 0 spiro atoms. The van der Waals surface area contributed by atoms with Gasteiger partial charge < -0.3 is 9.13 Å². The van der Waals surface area contributed by atoms with Gasteiger partial charge in [0.2, 0.25) is 0 Å². The number of hydrogen-bond acceptors (Lipinski definition) is 0. The number of benzene rings is 7. The number of fused-ring (bicyclic) bond motifs is 7. The van der Waals surface area contributed by atoms with Crippen LogP contribution in [0.3, 0.4) is 0 Å². The van der Waals surface area contributed by atoms with E-state index in [-0.39, 0.29) is 0 Å². The summed E-state index contributed by atoms with van der Waals surface area (Å²) in [5, 5.41) is 8.74. The highest BCUT2D eigenvalue weighted by molar-refractivity contribution is 6.22. The Labute approximate surface area is 243 Å². The maximum Gasteiger partial charge on any atom is 0.0789 e. The number of aromatic nitrogens is 2. The molecular formula is C40H26N2. The zero-order valence-corrected chi connectivity index (χ0v) is 22.9. The van der Waals surface area contributed by atoms with Crippen LogP contribution in [0.1, 0.15) is 0 Å². The van der Waals surface area contributed by atoms with Gasteiger partial charge in [-0.2, -0.15) is 0 Å². The Kier molecular flexibility index (Phi) is 4.93. The molecule has 0 aliphatic heterocycles. The van der Waals surface area contributed by atoms with Gasteiger partial charge in [0.25, 0.3) is 0 Å². The third-order valence-electron chi connectivity index (χ3n) is 8.68. The molecule has 0 atom stereocenters. The van der Waals surface area contributed by atoms with Crippen molar-refractivity contribution in [2.24, 2.45) is 0 Å². The minimum Gasteiger partial charge on any atom is -0.314 e. The van der Waals surface area contributed by atoms with Crippen molar-refractivity contribution in [2.75, 3.05) is 0 Å². The number of para-hydroxylation sites is 2. The highest BCUT2D eigenvalue weighted by Crippen LogP contribution is 2.44. The van der Waals surface area contributed by atoms with Crippen LogP contribution in [0.15, 0.2) is 158 Å². The predicted octanol–water partition coefficient (Wildman–Crippen LogP) is 10.7. The topological polar surface area (TPSA) is 9.86 Å². The third-order valence-corrected chi connectivity index (χ3v) is 8.68. The first kappa shape index (κ1) is 23.1. The van der Waals surface area contributed by atoms with Crippen molar-refractivity contribution in [1.82, 2.24) is 9.13 Å². The van der Waals surface area contributed by atoms with Gasteiger partial charge in [-0.05, 0) is 40.6 Å². The zero-order chi connectivity index (χ0) is 27.6. The van der Waals surface area contributed by atoms with Gasteiger partial charge in [0.05, 0.1) is 22.2 Å². The molecule has 0 aliphatic rings. The average Bonchev–Trinajstić information content (AvgIpc) is 3.61. The van der Waals surface area contributed by atoms with Gasteiger partial charge in [-0.3, -0.25) is 0 Å². The van der Waals surface area contributed by atoms with Crippen LogP contribution in [0.4, 0.5) is 0 Å². The molecule has 9 rings (SSSR count). The van der Waals surface area contributed by atoms with Crippen LogP contribution in [0.5, 0.6) is 0 Å². The molecule has 9 aromatic rings. The summed E-state index contributed by atoms with van der Waals surface area (Å²) >= 11 is 0. The van der Waals surface area contributed by atoms with Crippen molar-refractivity contribution in [1.29, 1.82) is 0 Å². The van der Waals surface area contributed by atoms with E-state index in [0.29, 0.717) is 0 Å². The lowest BCUT2D eigenvalue weighted by Crippen LogP contribution is -2.00. The molecule has 2 aromatic heterocycles. The molecule has 0 saturated carbocycles. The predicted molar refractivity (Wildman–Crippen MR) is 178 cm³/mol. The Morgan fingerprint density at radius 2 is 0.976 bits per heavy atom. The lowest BCUT2D eigenvalue weighted by molar-refractivity contribution is 1.12. The van der Waals surface area contributed by atoms with Crippen LogP contribution in [0.25, 0.3) is 76.8 Å². The summed E-state index contributed by atoms with van der Waals surface area (Å²) in [6.45, 7) is 0. The minimum atomic E-state index is 1.15. The lowest BCUT2D eigenvalue weighted by atomic mass is 10.0. The summed E-state index contributed by atoms with van der Waals surface area (Å²) in [7, 11) is 0. The molecular weight excluding hydrogens is 508 g/mol. The first-order valence-electron chi connectivity index (χ1n) is 14.5. The lowest BCUT2D eigenvalue weighted by Gasteiger charge is -2.17. The van der Waals surface area contributed by atoms with E-state index in [9.17, 15) is 0 Å². The van der Waals surface area contributed by atoms with E-state index in [1.165, 1.54) is 71.1 Å². The molecule has 0 N–H and O–H groups in total. The second-order valence-electron chi connectivity index (χ2n) is 11.0. The van der Waals surface area contributed by atoms with Gasteiger partial charge in [0, 0.05) is 44.4 Å². The second kappa shape index (κ2) is 8.95. The van der Waals surface area contributed by atoms with E-state index in [1.807, 2.05) is 0 Å². The summed E-state index contributed by atoms with van der Waals surface area (Å²) in [4.78, 5) is 0. The Hall–Kier alpha value is -5.60. The molecule has 0 saturated heterocycles. The molecule has 0 unspecified atom stereocenters. The van der Waals surface area contributed by atoms with Crippen molar-refractivity contribution in [3.63, 3.8) is 0 Å². The Morgan fingerprint density at radius 1 is 0.405 bits per heavy atom. The van der Waals surface area contributed by atoms with Crippen LogP contribution in [-0.4, -0.2) is 9.13 Å². The quantitative estimate of drug-likeness (QED) is 0.200. The van der Waals surface area contributed by atoms with Crippen molar-refractivity contribution < 1.29 is 0 Å². The van der Waals surface area contributed by atoms with Gasteiger partial charge >= 0.3 is 0 Å². The van der Waals surface area contributed by atoms with E-state index < -0.39 is 0 Å². The highest BCUT2D eigenvalue weighted by Gasteiger charge is 2.22. The Bertz CT molecular complexity index is 2390. The molecule has 196 valence electrons. The maximum atomic E-state index is 2.53. The fourth-order valence-corrected chi connectivity index (χ4v) is 6.87. The average molecular weight is 535 g/mol. The molecule has 7 aromatic carbocycles. The largest absolute Gasteiger partial charge is 0.314 e. The van der Waals surface area contributed by atoms with Gasteiger partial charge in [-0.25, -0.2) is 0 Å². The molecule has 0 amide bonds. The summed E-state index contributed by atoms with van der Waals surface area (Å²) in [6, 6.07) is 54.9. The molecule has 2 heterocycles. The molecule has 0 bridgehead atoms. The van der Waals surface area contributed by atoms with Crippen molar-refractivity contribution >= 4 is 54.3 Å². The van der Waals surface area contributed by atoms with Crippen molar-refractivity contribution in [3.8, 4) is 22.5 Å². The molecule has 2 nitrogen and oxygen atoms in total. The third kappa shape index (κ3) is 3.27. The molecule has 0 fully saturated rings. The summed E-state index contributed by atoms with van der Waals surface area (Å²) in [5.74, 6) is 0. The van der Waals surface area contributed by atoms with E-state index in [1.54, 1.807) is 0 Å². The first-order chi connectivity index (χ1) is 20.9. The maximum absolute atomic E-state index is 2.53. The van der Waals surface area contributed by atoms with E-state index in [4.69, 9.17) is 0 Å². The van der Waals surface area contributed by atoms with Gasteiger partial charge in [-0.1, -0.05) is 127 Å². The van der Waals surface area contributed by atoms with Crippen LogP contribution in [-0.2, 0) is 0 Å². The summed E-state index contributed by atoms with van der Waals surface area (Å²) in [5.41, 5.74) is 8.47. The van der Waals surface area contributed by atoms with Gasteiger partial charge in [0.1, 0.15) is 0 Å². The van der Waals surface area contributed by atoms with Gasteiger partial charge in [0.15, 0.2) is 0 Å². The first-order valence-corrected chi connectivity index (χ1v) is 14.5. The zero-order valence-electron chi connectivity index (χ0n) is 22.9. The fraction of sp³-hybridized carbons (Fsp3) is 0. The number of hydrogen-bond donors (Lipinski definition) is 0. The number of rotatable bonds is 3.